The van der Waals surface area contributed by atoms with Gasteiger partial charge in [0.15, 0.2) is 5.82 Å². The first-order valence-electron chi connectivity index (χ1n) is 9.62. The van der Waals surface area contributed by atoms with Crippen LogP contribution in [0.4, 0.5) is 5.82 Å². The van der Waals surface area contributed by atoms with Crippen molar-refractivity contribution in [1.29, 1.82) is 0 Å². The molecule has 29 heavy (non-hydrogen) atoms. The normalized spacial score (nSPS) is 11.2. The second kappa shape index (κ2) is 9.15. The van der Waals surface area contributed by atoms with E-state index in [0.29, 0.717) is 6.61 Å². The summed E-state index contributed by atoms with van der Waals surface area (Å²) in [4.78, 5) is 0. The molecule has 150 valence electrons. The van der Waals surface area contributed by atoms with Crippen LogP contribution in [0.5, 0.6) is 11.5 Å². The smallest absolute Gasteiger partial charge is 0.152 e. The van der Waals surface area contributed by atoms with Crippen LogP contribution < -0.4 is 14.8 Å². The number of nitrogens with zero attached hydrogens (tertiary/aromatic N) is 2. The van der Waals surface area contributed by atoms with Crippen molar-refractivity contribution in [3.8, 4) is 11.5 Å². The van der Waals surface area contributed by atoms with Gasteiger partial charge >= 0.3 is 0 Å². The second-order valence-electron chi connectivity index (χ2n) is 6.56. The minimum atomic E-state index is 0.649. The van der Waals surface area contributed by atoms with E-state index in [1.165, 1.54) is 0 Å². The summed E-state index contributed by atoms with van der Waals surface area (Å²) in [6.07, 6.45) is 3.96. The maximum absolute atomic E-state index is 5.49. The number of aryl methyl sites for hydroxylation is 1. The number of nitrogens with one attached hydrogen (secondary N) is 1. The van der Waals surface area contributed by atoms with Gasteiger partial charge in [-0.25, -0.2) is 4.68 Å². The highest BCUT2D eigenvalue weighted by Crippen LogP contribution is 2.26. The van der Waals surface area contributed by atoms with Crippen LogP contribution in [0.3, 0.4) is 0 Å². The summed E-state index contributed by atoms with van der Waals surface area (Å²) in [7, 11) is 1.68. The Bertz CT molecular complexity index is 1020. The zero-order valence-electron chi connectivity index (χ0n) is 17.4. The van der Waals surface area contributed by atoms with E-state index in [4.69, 9.17) is 9.47 Å². The van der Waals surface area contributed by atoms with Gasteiger partial charge in [-0.15, -0.1) is 0 Å². The van der Waals surface area contributed by atoms with E-state index >= 15 is 0 Å². The molecular weight excluding hydrogens is 362 g/mol. The molecular formula is C24H27N3O2. The monoisotopic (exact) mass is 389 g/mol. The Morgan fingerprint density at radius 1 is 1.14 bits per heavy atom. The lowest BCUT2D eigenvalue weighted by atomic mass is 10.1. The van der Waals surface area contributed by atoms with Gasteiger partial charge in [-0.1, -0.05) is 24.8 Å². The van der Waals surface area contributed by atoms with Crippen LogP contribution in [-0.4, -0.2) is 23.5 Å². The van der Waals surface area contributed by atoms with Crippen molar-refractivity contribution in [2.45, 2.75) is 20.8 Å². The summed E-state index contributed by atoms with van der Waals surface area (Å²) < 4.78 is 12.8. The molecule has 0 aliphatic carbocycles. The van der Waals surface area contributed by atoms with Crippen molar-refractivity contribution in [1.82, 2.24) is 9.78 Å². The molecule has 0 fully saturated rings. The topological polar surface area (TPSA) is 48.3 Å². The largest absolute Gasteiger partial charge is 0.496 e. The van der Waals surface area contributed by atoms with Crippen LogP contribution in [0.25, 0.3) is 11.4 Å². The molecule has 0 radical (unpaired) electrons. The first-order chi connectivity index (χ1) is 14.0. The highest BCUT2D eigenvalue weighted by Gasteiger charge is 2.10. The predicted octanol–water partition coefficient (Wildman–Crippen LogP) is 5.59. The summed E-state index contributed by atoms with van der Waals surface area (Å²) in [5, 5.41) is 7.93. The van der Waals surface area contributed by atoms with Gasteiger partial charge in [0.05, 0.1) is 19.4 Å². The van der Waals surface area contributed by atoms with Gasteiger partial charge in [0, 0.05) is 23.5 Å². The lowest BCUT2D eigenvalue weighted by molar-refractivity contribution is 0.340. The molecule has 0 saturated carbocycles. The lowest BCUT2D eigenvalue weighted by Gasteiger charge is -2.12. The van der Waals surface area contributed by atoms with Gasteiger partial charge in [-0.2, -0.15) is 5.10 Å². The molecule has 0 saturated heterocycles. The summed E-state index contributed by atoms with van der Waals surface area (Å²) >= 11 is 0. The first kappa shape index (κ1) is 20.3. The number of rotatable bonds is 8. The van der Waals surface area contributed by atoms with Gasteiger partial charge in [0.1, 0.15) is 11.5 Å². The minimum absolute atomic E-state index is 0.649. The molecule has 2 aromatic carbocycles. The molecule has 3 rings (SSSR count). The molecule has 5 heteroatoms. The van der Waals surface area contributed by atoms with E-state index in [2.05, 4.69) is 23.1 Å². The highest BCUT2D eigenvalue weighted by atomic mass is 16.5. The molecule has 0 amide bonds. The van der Waals surface area contributed by atoms with Crippen molar-refractivity contribution in [2.75, 3.05) is 19.0 Å². The number of ether oxygens (including phenoxy) is 2. The Morgan fingerprint density at radius 2 is 1.86 bits per heavy atom. The Balaban J connectivity index is 1.76. The van der Waals surface area contributed by atoms with Crippen LogP contribution in [0.15, 0.2) is 67.4 Å². The van der Waals surface area contributed by atoms with E-state index in [0.717, 1.165) is 45.4 Å². The fourth-order valence-corrected chi connectivity index (χ4v) is 3.08. The van der Waals surface area contributed by atoms with Crippen LogP contribution in [0.1, 0.15) is 30.5 Å². The number of allylic oxidation sites excluding steroid dienone is 1. The van der Waals surface area contributed by atoms with E-state index in [1.54, 1.807) is 7.11 Å². The maximum atomic E-state index is 5.49. The maximum Gasteiger partial charge on any atom is 0.152 e. The van der Waals surface area contributed by atoms with Gasteiger partial charge < -0.3 is 14.8 Å². The standard InChI is InChI=1S/C24H27N3O2/c1-6-22(20-9-8-17(3)23(16-20)28-5)27-15-14-24(26-27)25-18(4)19-10-12-21(13-11-19)29-7-2/h6,8-16H,4,7H2,1-3,5H3,(H,25,26)/b22-6-. The Hall–Kier alpha value is -3.47. The average Bonchev–Trinajstić information content (AvgIpc) is 3.18. The molecule has 3 aromatic rings. The predicted molar refractivity (Wildman–Crippen MR) is 119 cm³/mol. The van der Waals surface area contributed by atoms with E-state index < -0.39 is 0 Å². The lowest BCUT2D eigenvalue weighted by Crippen LogP contribution is -2.03. The molecule has 0 atom stereocenters. The van der Waals surface area contributed by atoms with E-state index in [1.807, 2.05) is 80.2 Å². The second-order valence-corrected chi connectivity index (χ2v) is 6.56. The molecule has 0 aliphatic heterocycles. The number of methoxy groups -OCH3 is 1. The van der Waals surface area contributed by atoms with Crippen LogP contribution in [0, 0.1) is 6.92 Å². The van der Waals surface area contributed by atoms with Crippen molar-refractivity contribution in [3.05, 3.63) is 84.1 Å². The summed E-state index contributed by atoms with van der Waals surface area (Å²) in [6, 6.07) is 15.9. The van der Waals surface area contributed by atoms with Crippen molar-refractivity contribution in [3.63, 3.8) is 0 Å². The van der Waals surface area contributed by atoms with E-state index in [9.17, 15) is 0 Å². The number of benzene rings is 2. The summed E-state index contributed by atoms with van der Waals surface area (Å²) in [6.45, 7) is 10.8. The number of hydrogen-bond donors (Lipinski definition) is 1. The van der Waals surface area contributed by atoms with Crippen LogP contribution in [-0.2, 0) is 0 Å². The van der Waals surface area contributed by atoms with Gasteiger partial charge in [-0.05, 0) is 62.2 Å². The summed E-state index contributed by atoms with van der Waals surface area (Å²) in [5.74, 6) is 2.43. The molecule has 0 aliphatic rings. The molecule has 0 spiro atoms. The minimum Gasteiger partial charge on any atom is -0.496 e. The van der Waals surface area contributed by atoms with Gasteiger partial charge in [0.2, 0.25) is 0 Å². The fraction of sp³-hybridized carbons (Fsp3) is 0.208. The quantitative estimate of drug-likeness (QED) is 0.545. The van der Waals surface area contributed by atoms with Crippen molar-refractivity contribution < 1.29 is 9.47 Å². The Kier molecular flexibility index (Phi) is 6.39. The number of aromatic nitrogens is 2. The third-order valence-corrected chi connectivity index (χ3v) is 4.61. The van der Waals surface area contributed by atoms with Crippen LogP contribution >= 0.6 is 0 Å². The number of hydrogen-bond acceptors (Lipinski definition) is 4. The van der Waals surface area contributed by atoms with Crippen molar-refractivity contribution in [2.24, 2.45) is 0 Å². The van der Waals surface area contributed by atoms with Gasteiger partial charge in [-0.3, -0.25) is 0 Å². The highest BCUT2D eigenvalue weighted by molar-refractivity contribution is 5.74. The number of anilines is 1. The fourth-order valence-electron chi connectivity index (χ4n) is 3.08. The molecule has 1 heterocycles. The van der Waals surface area contributed by atoms with Gasteiger partial charge in [0.25, 0.3) is 0 Å². The molecule has 5 nitrogen and oxygen atoms in total. The third kappa shape index (κ3) is 4.69. The SMILES string of the molecule is C=C(Nc1ccn(/C(=C\C)c2ccc(C)c(OC)c2)n1)c1ccc(OCC)cc1. The van der Waals surface area contributed by atoms with E-state index in [-0.39, 0.29) is 0 Å². The molecule has 0 unspecified atom stereocenters. The third-order valence-electron chi connectivity index (χ3n) is 4.61. The first-order valence-corrected chi connectivity index (χ1v) is 9.62. The summed E-state index contributed by atoms with van der Waals surface area (Å²) in [5.41, 5.74) is 4.87. The van der Waals surface area contributed by atoms with Crippen LogP contribution in [0.2, 0.25) is 0 Å². The molecule has 1 aromatic heterocycles. The Morgan fingerprint density at radius 3 is 2.52 bits per heavy atom. The molecule has 0 bridgehead atoms. The van der Waals surface area contributed by atoms with Crippen molar-refractivity contribution >= 4 is 17.2 Å². The molecule has 1 N–H and O–H groups in total. The average molecular weight is 389 g/mol. The zero-order chi connectivity index (χ0) is 20.8. The Labute approximate surface area is 172 Å². The zero-order valence-corrected chi connectivity index (χ0v) is 17.4.